The first-order chi connectivity index (χ1) is 8.47. The van der Waals surface area contributed by atoms with Crippen LogP contribution in [0.1, 0.15) is 46.5 Å². The van der Waals surface area contributed by atoms with Crippen LogP contribution in [-0.4, -0.2) is 18.0 Å². The highest BCUT2D eigenvalue weighted by molar-refractivity contribution is 5.87. The van der Waals surface area contributed by atoms with Gasteiger partial charge in [0.25, 0.3) is 0 Å². The fraction of sp³-hybridized carbons (Fsp3) is 0.812. The van der Waals surface area contributed by atoms with Gasteiger partial charge in [0.2, 0.25) is 0 Å². The Hall–Kier alpha value is -0.630. The Balaban J connectivity index is 2.03. The number of ether oxygens (including phenoxy) is 1. The predicted octanol–water partition coefficient (Wildman–Crippen LogP) is 3.36. The van der Waals surface area contributed by atoms with Crippen LogP contribution in [0.3, 0.4) is 0 Å². The molecule has 0 spiro atoms. The topological polar surface area (TPSA) is 26.3 Å². The molecule has 0 N–H and O–H groups in total. The minimum Gasteiger partial charge on any atom is -0.370 e. The van der Waals surface area contributed by atoms with E-state index in [9.17, 15) is 4.79 Å². The lowest BCUT2D eigenvalue weighted by atomic mass is 9.51. The zero-order valence-corrected chi connectivity index (χ0v) is 11.7. The second kappa shape index (κ2) is 3.93. The van der Waals surface area contributed by atoms with Crippen molar-refractivity contribution >= 4 is 5.78 Å². The molecule has 1 heterocycles. The van der Waals surface area contributed by atoms with Crippen molar-refractivity contribution in [1.29, 1.82) is 0 Å². The van der Waals surface area contributed by atoms with E-state index in [0.717, 1.165) is 5.92 Å². The quantitative estimate of drug-likeness (QED) is 0.614. The average Bonchev–Trinajstić information content (AvgIpc) is 2.33. The SMILES string of the molecule is C[C@H]1CC[C@H]2[C@@H](C=C[C@@]3(C)OCCC(=O)[C@]23C)C1. The van der Waals surface area contributed by atoms with Gasteiger partial charge in [-0.05, 0) is 44.4 Å². The molecule has 2 aliphatic carbocycles. The molecule has 5 atom stereocenters. The van der Waals surface area contributed by atoms with Gasteiger partial charge in [-0.1, -0.05) is 25.5 Å². The summed E-state index contributed by atoms with van der Waals surface area (Å²) >= 11 is 0. The Morgan fingerprint density at radius 2 is 2.11 bits per heavy atom. The maximum atomic E-state index is 12.6. The van der Waals surface area contributed by atoms with Crippen molar-refractivity contribution in [2.75, 3.05) is 6.61 Å². The Bertz CT molecular complexity index is 400. The number of hydrogen-bond donors (Lipinski definition) is 0. The molecule has 2 fully saturated rings. The molecule has 3 aliphatic rings. The van der Waals surface area contributed by atoms with Gasteiger partial charge in [-0.3, -0.25) is 4.79 Å². The highest BCUT2D eigenvalue weighted by atomic mass is 16.5. The second-order valence-corrected chi connectivity index (χ2v) is 6.88. The van der Waals surface area contributed by atoms with Crippen molar-refractivity contribution in [3.63, 3.8) is 0 Å². The zero-order valence-electron chi connectivity index (χ0n) is 11.7. The zero-order chi connectivity index (χ0) is 13.0. The standard InChI is InChI=1S/C16H24O2/c1-11-4-5-13-12(10-11)6-8-15(2)16(13,3)14(17)7-9-18-15/h6,8,11-13H,4-5,7,9-10H2,1-3H3/t11-,12-,13-,15+,16-/m0/s1. The number of hydrogen-bond acceptors (Lipinski definition) is 2. The van der Waals surface area contributed by atoms with Crippen LogP contribution < -0.4 is 0 Å². The molecule has 0 aromatic rings. The third-order valence-corrected chi connectivity index (χ3v) is 5.91. The minimum atomic E-state index is -0.371. The first-order valence-corrected chi connectivity index (χ1v) is 7.34. The lowest BCUT2D eigenvalue weighted by Gasteiger charge is -2.56. The van der Waals surface area contributed by atoms with Gasteiger partial charge in [-0.2, -0.15) is 0 Å². The number of allylic oxidation sites excluding steroid dienone is 1. The molecule has 0 unspecified atom stereocenters. The van der Waals surface area contributed by atoms with Crippen LogP contribution in [0.25, 0.3) is 0 Å². The summed E-state index contributed by atoms with van der Waals surface area (Å²) < 4.78 is 6.01. The highest BCUT2D eigenvalue weighted by Gasteiger charge is 2.59. The van der Waals surface area contributed by atoms with E-state index in [4.69, 9.17) is 4.74 Å². The van der Waals surface area contributed by atoms with Crippen molar-refractivity contribution in [2.45, 2.75) is 52.1 Å². The maximum Gasteiger partial charge on any atom is 0.144 e. The normalized spacial score (nSPS) is 51.7. The van der Waals surface area contributed by atoms with Crippen molar-refractivity contribution < 1.29 is 9.53 Å². The molecule has 0 aromatic carbocycles. The highest BCUT2D eigenvalue weighted by Crippen LogP contribution is 2.56. The summed E-state index contributed by atoms with van der Waals surface area (Å²) in [5, 5.41) is 0. The van der Waals surface area contributed by atoms with Crippen LogP contribution in [0.5, 0.6) is 0 Å². The van der Waals surface area contributed by atoms with Crippen LogP contribution >= 0.6 is 0 Å². The molecule has 0 aromatic heterocycles. The first kappa shape index (κ1) is 12.4. The van der Waals surface area contributed by atoms with E-state index in [1.54, 1.807) is 0 Å². The first-order valence-electron chi connectivity index (χ1n) is 7.34. The Morgan fingerprint density at radius 1 is 1.33 bits per heavy atom. The van der Waals surface area contributed by atoms with E-state index < -0.39 is 0 Å². The van der Waals surface area contributed by atoms with Gasteiger partial charge < -0.3 is 4.74 Å². The smallest absolute Gasteiger partial charge is 0.144 e. The van der Waals surface area contributed by atoms with E-state index in [-0.39, 0.29) is 11.0 Å². The second-order valence-electron chi connectivity index (χ2n) is 6.88. The van der Waals surface area contributed by atoms with E-state index in [1.165, 1.54) is 19.3 Å². The summed E-state index contributed by atoms with van der Waals surface area (Å²) in [5.41, 5.74) is -0.672. The Labute approximate surface area is 110 Å². The summed E-state index contributed by atoms with van der Waals surface area (Å²) in [5.74, 6) is 2.28. The molecule has 0 radical (unpaired) electrons. The number of rotatable bonds is 0. The van der Waals surface area contributed by atoms with Crippen molar-refractivity contribution in [3.8, 4) is 0 Å². The van der Waals surface area contributed by atoms with Gasteiger partial charge in [0.15, 0.2) is 0 Å². The average molecular weight is 248 g/mol. The molecular weight excluding hydrogens is 224 g/mol. The van der Waals surface area contributed by atoms with E-state index in [1.807, 2.05) is 0 Å². The molecule has 0 bridgehead atoms. The van der Waals surface area contributed by atoms with Gasteiger partial charge >= 0.3 is 0 Å². The van der Waals surface area contributed by atoms with Gasteiger partial charge in [0.1, 0.15) is 5.78 Å². The van der Waals surface area contributed by atoms with Crippen molar-refractivity contribution in [1.82, 2.24) is 0 Å². The van der Waals surface area contributed by atoms with Crippen molar-refractivity contribution in [2.24, 2.45) is 23.2 Å². The largest absolute Gasteiger partial charge is 0.370 e. The van der Waals surface area contributed by atoms with E-state index >= 15 is 0 Å². The number of ketones is 1. The number of Topliss-reactive ketones (excluding diaryl/α,β-unsaturated/α-hetero) is 1. The van der Waals surface area contributed by atoms with Crippen LogP contribution in [0, 0.1) is 23.2 Å². The number of carbonyl (C=O) groups is 1. The lowest BCUT2D eigenvalue weighted by molar-refractivity contribution is -0.180. The Morgan fingerprint density at radius 3 is 2.89 bits per heavy atom. The van der Waals surface area contributed by atoms with Crippen LogP contribution in [0.15, 0.2) is 12.2 Å². The molecular formula is C16H24O2. The number of fused-ring (bicyclic) bond motifs is 3. The molecule has 100 valence electrons. The van der Waals surface area contributed by atoms with E-state index in [2.05, 4.69) is 32.9 Å². The molecule has 3 rings (SSSR count). The summed E-state index contributed by atoms with van der Waals surface area (Å²) in [6.07, 6.45) is 8.79. The fourth-order valence-electron chi connectivity index (χ4n) is 4.50. The Kier molecular flexibility index (Phi) is 2.71. The third kappa shape index (κ3) is 1.48. The summed E-state index contributed by atoms with van der Waals surface area (Å²) in [4.78, 5) is 12.6. The molecule has 2 nitrogen and oxygen atoms in total. The molecule has 2 heteroatoms. The van der Waals surface area contributed by atoms with Gasteiger partial charge in [-0.15, -0.1) is 0 Å². The molecule has 18 heavy (non-hydrogen) atoms. The molecule has 1 aliphatic heterocycles. The third-order valence-electron chi connectivity index (χ3n) is 5.91. The molecule has 1 saturated heterocycles. The van der Waals surface area contributed by atoms with Crippen LogP contribution in [-0.2, 0) is 9.53 Å². The minimum absolute atomic E-state index is 0.301. The van der Waals surface area contributed by atoms with Crippen molar-refractivity contribution in [3.05, 3.63) is 12.2 Å². The van der Waals surface area contributed by atoms with E-state index in [0.29, 0.717) is 30.6 Å². The fourth-order valence-corrected chi connectivity index (χ4v) is 4.50. The predicted molar refractivity (Wildman–Crippen MR) is 71.2 cm³/mol. The summed E-state index contributed by atoms with van der Waals surface area (Å²) in [7, 11) is 0. The molecule has 1 saturated carbocycles. The summed E-state index contributed by atoms with van der Waals surface area (Å²) in [6.45, 7) is 7.18. The lowest BCUT2D eigenvalue weighted by Crippen LogP contribution is -2.61. The van der Waals surface area contributed by atoms with Gasteiger partial charge in [-0.25, -0.2) is 0 Å². The summed E-state index contributed by atoms with van der Waals surface area (Å²) in [6, 6.07) is 0. The van der Waals surface area contributed by atoms with Crippen LogP contribution in [0.4, 0.5) is 0 Å². The van der Waals surface area contributed by atoms with Gasteiger partial charge in [0, 0.05) is 6.42 Å². The monoisotopic (exact) mass is 248 g/mol. The number of carbonyl (C=O) groups excluding carboxylic acids is 1. The molecule has 0 amide bonds. The maximum absolute atomic E-state index is 12.6. The van der Waals surface area contributed by atoms with Gasteiger partial charge in [0.05, 0.1) is 17.6 Å². The van der Waals surface area contributed by atoms with Crippen LogP contribution in [0.2, 0.25) is 0 Å².